The monoisotopic (exact) mass is 475 g/mol. The van der Waals surface area contributed by atoms with E-state index < -0.39 is 0 Å². The van der Waals surface area contributed by atoms with Crippen molar-refractivity contribution in [3.8, 4) is 0 Å². The summed E-state index contributed by atoms with van der Waals surface area (Å²) in [5, 5.41) is 3.74. The van der Waals surface area contributed by atoms with Crippen LogP contribution >= 0.6 is 11.6 Å². The van der Waals surface area contributed by atoms with E-state index in [0.717, 1.165) is 81.9 Å². The molecule has 1 aliphatic carbocycles. The highest BCUT2D eigenvalue weighted by molar-refractivity contribution is 6.31. The summed E-state index contributed by atoms with van der Waals surface area (Å²) in [6.07, 6.45) is 6.90. The number of hydrogen-bond donors (Lipinski definition) is 1. The molecule has 0 spiro atoms. The number of amides is 2. The predicted molar refractivity (Wildman–Crippen MR) is 131 cm³/mol. The molecule has 1 aromatic carbocycles. The van der Waals surface area contributed by atoms with Crippen LogP contribution in [0, 0.1) is 18.8 Å². The summed E-state index contributed by atoms with van der Waals surface area (Å²) in [4.78, 5) is 30.1. The molecule has 2 heterocycles. The molecule has 33 heavy (non-hydrogen) atoms. The van der Waals surface area contributed by atoms with Gasteiger partial charge in [0.2, 0.25) is 11.8 Å². The molecule has 0 unspecified atom stereocenters. The first kappa shape index (κ1) is 24.5. The number of anilines is 1. The Balaban J connectivity index is 1.35. The lowest BCUT2D eigenvalue weighted by Crippen LogP contribution is -2.54. The largest absolute Gasteiger partial charge is 0.381 e. The number of carbonyl (C=O) groups is 2. The van der Waals surface area contributed by atoms with Crippen LogP contribution in [0.25, 0.3) is 0 Å². The van der Waals surface area contributed by atoms with E-state index in [1.165, 1.54) is 12.8 Å². The topological polar surface area (TPSA) is 61.9 Å². The molecular formula is C26H38ClN3O3. The van der Waals surface area contributed by atoms with Crippen LogP contribution < -0.4 is 5.32 Å². The molecule has 0 radical (unpaired) electrons. The highest BCUT2D eigenvalue weighted by atomic mass is 35.5. The van der Waals surface area contributed by atoms with Gasteiger partial charge in [-0.05, 0) is 68.7 Å². The van der Waals surface area contributed by atoms with E-state index in [1.807, 2.05) is 12.1 Å². The first-order valence-corrected chi connectivity index (χ1v) is 13.0. The fourth-order valence-corrected chi connectivity index (χ4v) is 5.84. The van der Waals surface area contributed by atoms with Gasteiger partial charge in [-0.2, -0.15) is 0 Å². The summed E-state index contributed by atoms with van der Waals surface area (Å²) >= 11 is 6.44. The molecular weight excluding hydrogens is 438 g/mol. The maximum Gasteiger partial charge on any atom is 0.226 e. The number of halogens is 1. The molecule has 1 saturated carbocycles. The molecule has 3 fully saturated rings. The van der Waals surface area contributed by atoms with E-state index in [1.54, 1.807) is 0 Å². The second kappa shape index (κ2) is 11.2. The molecule has 2 saturated heterocycles. The van der Waals surface area contributed by atoms with Crippen molar-refractivity contribution in [1.29, 1.82) is 0 Å². The number of piperazine rings is 1. The Morgan fingerprint density at radius 3 is 2.55 bits per heavy atom. The summed E-state index contributed by atoms with van der Waals surface area (Å²) < 4.78 is 5.40. The number of nitrogens with zero attached hydrogens (tertiary/aromatic N) is 2. The van der Waals surface area contributed by atoms with E-state index >= 15 is 0 Å². The van der Waals surface area contributed by atoms with Crippen LogP contribution in [-0.4, -0.2) is 60.5 Å². The van der Waals surface area contributed by atoms with E-state index in [-0.39, 0.29) is 17.9 Å². The molecule has 6 nitrogen and oxygen atoms in total. The third-order valence-electron chi connectivity index (χ3n) is 7.66. The Morgan fingerprint density at radius 2 is 1.85 bits per heavy atom. The van der Waals surface area contributed by atoms with Crippen molar-refractivity contribution in [1.82, 2.24) is 9.80 Å². The van der Waals surface area contributed by atoms with Gasteiger partial charge in [0.05, 0.1) is 0 Å². The lowest BCUT2D eigenvalue weighted by Gasteiger charge is -2.41. The average molecular weight is 476 g/mol. The maximum absolute atomic E-state index is 12.9. The lowest BCUT2D eigenvalue weighted by molar-refractivity contribution is -0.140. The van der Waals surface area contributed by atoms with Crippen LogP contribution in [0.5, 0.6) is 0 Å². The van der Waals surface area contributed by atoms with Crippen molar-refractivity contribution < 1.29 is 14.3 Å². The Labute approximate surface area is 203 Å². The summed E-state index contributed by atoms with van der Waals surface area (Å²) in [7, 11) is 0. The summed E-state index contributed by atoms with van der Waals surface area (Å²) in [5.41, 5.74) is 3.00. The minimum Gasteiger partial charge on any atom is -0.381 e. The first-order valence-electron chi connectivity index (χ1n) is 12.6. The lowest BCUT2D eigenvalue weighted by atomic mass is 9.96. The van der Waals surface area contributed by atoms with Gasteiger partial charge in [0.15, 0.2) is 0 Å². The minimum atomic E-state index is 0.0471. The van der Waals surface area contributed by atoms with Crippen LogP contribution in [0.4, 0.5) is 5.69 Å². The fraction of sp³-hybridized carbons (Fsp3) is 0.692. The van der Waals surface area contributed by atoms with Gasteiger partial charge in [0.1, 0.15) is 0 Å². The maximum atomic E-state index is 12.9. The molecule has 182 valence electrons. The Morgan fingerprint density at radius 1 is 1.12 bits per heavy atom. The van der Waals surface area contributed by atoms with Gasteiger partial charge in [-0.1, -0.05) is 24.4 Å². The Kier molecular flexibility index (Phi) is 8.31. The number of benzene rings is 1. The van der Waals surface area contributed by atoms with Gasteiger partial charge in [-0.3, -0.25) is 14.5 Å². The highest BCUT2D eigenvalue weighted by Gasteiger charge is 2.33. The Bertz CT molecular complexity index is 849. The summed E-state index contributed by atoms with van der Waals surface area (Å²) in [6, 6.07) is 4.07. The molecule has 2 amide bonds. The number of hydrogen-bond acceptors (Lipinski definition) is 4. The highest BCUT2D eigenvalue weighted by Crippen LogP contribution is 2.30. The number of carbonyl (C=O) groups excluding carboxylic acids is 2. The molecule has 0 aromatic heterocycles. The van der Waals surface area contributed by atoms with Crippen molar-refractivity contribution in [3.05, 3.63) is 28.3 Å². The molecule has 3 aliphatic rings. The summed E-state index contributed by atoms with van der Waals surface area (Å²) in [5.74, 6) is 1.03. The van der Waals surface area contributed by atoms with Gasteiger partial charge < -0.3 is 15.0 Å². The Hall–Kier alpha value is -1.63. The number of ether oxygens (including phenoxy) is 1. The third kappa shape index (κ3) is 6.28. The van der Waals surface area contributed by atoms with Gasteiger partial charge in [0, 0.05) is 68.5 Å². The van der Waals surface area contributed by atoms with Crippen molar-refractivity contribution in [2.75, 3.05) is 38.2 Å². The second-order valence-corrected chi connectivity index (χ2v) is 10.6. The van der Waals surface area contributed by atoms with Crippen LogP contribution in [0.3, 0.4) is 0 Å². The van der Waals surface area contributed by atoms with Gasteiger partial charge in [-0.15, -0.1) is 0 Å². The zero-order valence-electron chi connectivity index (χ0n) is 20.1. The second-order valence-electron chi connectivity index (χ2n) is 10.1. The SMILES string of the molecule is Cc1c(CN2CCN(C(=O)C3CCCC3)[C@@H](C)C2)cc(Cl)cc1NC(=O)CC1CCOCC1. The molecule has 1 N–H and O–H groups in total. The smallest absolute Gasteiger partial charge is 0.226 e. The standard InChI is InChI=1S/C26H38ClN3O3/c1-18-16-29(9-10-30(18)26(32)21-5-3-4-6-21)17-22-14-23(27)15-24(19(22)2)28-25(31)13-20-7-11-33-12-8-20/h14-15,18,20-21H,3-13,16-17H2,1-2H3,(H,28,31)/t18-/m0/s1. The predicted octanol–water partition coefficient (Wildman–Crippen LogP) is 4.63. The van der Waals surface area contributed by atoms with Crippen molar-refractivity contribution >= 4 is 29.1 Å². The van der Waals surface area contributed by atoms with Crippen molar-refractivity contribution in [2.45, 2.75) is 71.4 Å². The molecule has 4 rings (SSSR count). The third-order valence-corrected chi connectivity index (χ3v) is 7.88. The average Bonchev–Trinajstić information content (AvgIpc) is 3.32. The quantitative estimate of drug-likeness (QED) is 0.651. The van der Waals surface area contributed by atoms with Crippen molar-refractivity contribution in [2.24, 2.45) is 11.8 Å². The van der Waals surface area contributed by atoms with Crippen LogP contribution in [0.1, 0.15) is 63.0 Å². The normalized spacial score (nSPS) is 23.1. The molecule has 1 aromatic rings. The van der Waals surface area contributed by atoms with Crippen LogP contribution in [0.2, 0.25) is 5.02 Å². The van der Waals surface area contributed by atoms with Gasteiger partial charge in [-0.25, -0.2) is 0 Å². The van der Waals surface area contributed by atoms with E-state index in [0.29, 0.717) is 23.3 Å². The molecule has 1 atom stereocenters. The van der Waals surface area contributed by atoms with E-state index in [2.05, 4.69) is 29.0 Å². The minimum absolute atomic E-state index is 0.0471. The van der Waals surface area contributed by atoms with E-state index in [9.17, 15) is 9.59 Å². The van der Waals surface area contributed by atoms with Gasteiger partial charge in [0.25, 0.3) is 0 Å². The number of rotatable bonds is 6. The number of nitrogens with one attached hydrogen (secondary N) is 1. The fourth-order valence-electron chi connectivity index (χ4n) is 5.60. The van der Waals surface area contributed by atoms with Crippen molar-refractivity contribution in [3.63, 3.8) is 0 Å². The first-order chi connectivity index (χ1) is 15.9. The van der Waals surface area contributed by atoms with Crippen LogP contribution in [-0.2, 0) is 20.9 Å². The summed E-state index contributed by atoms with van der Waals surface area (Å²) in [6.45, 7) is 8.98. The molecule has 0 bridgehead atoms. The van der Waals surface area contributed by atoms with E-state index in [4.69, 9.17) is 16.3 Å². The van der Waals surface area contributed by atoms with Crippen LogP contribution in [0.15, 0.2) is 12.1 Å². The molecule has 7 heteroatoms. The zero-order chi connectivity index (χ0) is 23.4. The van der Waals surface area contributed by atoms with Gasteiger partial charge >= 0.3 is 0 Å². The zero-order valence-corrected chi connectivity index (χ0v) is 20.8. The molecule has 2 aliphatic heterocycles.